The van der Waals surface area contributed by atoms with Gasteiger partial charge in [0.2, 0.25) is 5.91 Å². The number of nitrogens with one attached hydrogen (secondary N) is 1. The fraction of sp³-hybridized carbons (Fsp3) is 0.846. The number of rotatable bonds is 9. The molecule has 0 fully saturated rings. The molecule has 5 nitrogen and oxygen atoms in total. The van der Waals surface area contributed by atoms with E-state index in [0.29, 0.717) is 0 Å². The lowest BCUT2D eigenvalue weighted by atomic mass is 9.96. The SMILES string of the molecule is CCCCC(C)C(=O)NC(C)(COC)CC(=O)O. The van der Waals surface area contributed by atoms with Crippen molar-refractivity contribution in [3.05, 3.63) is 0 Å². The van der Waals surface area contributed by atoms with Crippen molar-refractivity contribution in [3.8, 4) is 0 Å². The molecule has 0 aliphatic carbocycles. The summed E-state index contributed by atoms with van der Waals surface area (Å²) in [5.41, 5.74) is -0.849. The molecule has 106 valence electrons. The number of ether oxygens (including phenoxy) is 1. The Morgan fingerprint density at radius 2 is 2.06 bits per heavy atom. The number of methoxy groups -OCH3 is 1. The van der Waals surface area contributed by atoms with E-state index >= 15 is 0 Å². The van der Waals surface area contributed by atoms with E-state index in [1.165, 1.54) is 7.11 Å². The fourth-order valence-corrected chi connectivity index (χ4v) is 1.85. The molecule has 2 atom stereocenters. The molecule has 18 heavy (non-hydrogen) atoms. The Morgan fingerprint density at radius 1 is 1.44 bits per heavy atom. The zero-order chi connectivity index (χ0) is 14.2. The summed E-state index contributed by atoms with van der Waals surface area (Å²) in [6, 6.07) is 0. The van der Waals surface area contributed by atoms with Gasteiger partial charge in [-0.3, -0.25) is 9.59 Å². The highest BCUT2D eigenvalue weighted by molar-refractivity contribution is 5.80. The molecule has 0 radical (unpaired) electrons. The van der Waals surface area contributed by atoms with Gasteiger partial charge in [0, 0.05) is 13.0 Å². The van der Waals surface area contributed by atoms with E-state index in [-0.39, 0.29) is 24.9 Å². The van der Waals surface area contributed by atoms with E-state index in [9.17, 15) is 9.59 Å². The zero-order valence-electron chi connectivity index (χ0n) is 11.8. The van der Waals surface area contributed by atoms with Crippen LogP contribution in [0.25, 0.3) is 0 Å². The van der Waals surface area contributed by atoms with E-state index in [4.69, 9.17) is 9.84 Å². The summed E-state index contributed by atoms with van der Waals surface area (Å²) in [7, 11) is 1.49. The lowest BCUT2D eigenvalue weighted by Crippen LogP contribution is -2.52. The molecule has 0 saturated carbocycles. The first-order valence-corrected chi connectivity index (χ1v) is 6.37. The Labute approximate surface area is 109 Å². The Kier molecular flexibility index (Phi) is 7.59. The van der Waals surface area contributed by atoms with Crippen LogP contribution in [0.3, 0.4) is 0 Å². The Balaban J connectivity index is 4.47. The van der Waals surface area contributed by atoms with Crippen molar-refractivity contribution in [2.45, 2.75) is 52.0 Å². The molecule has 0 spiro atoms. The summed E-state index contributed by atoms with van der Waals surface area (Å²) >= 11 is 0. The number of aliphatic carboxylic acids is 1. The van der Waals surface area contributed by atoms with Gasteiger partial charge in [0.1, 0.15) is 0 Å². The first kappa shape index (κ1) is 16.9. The zero-order valence-corrected chi connectivity index (χ0v) is 11.8. The predicted molar refractivity (Wildman–Crippen MR) is 69.4 cm³/mol. The van der Waals surface area contributed by atoms with Crippen LogP contribution in [0.1, 0.15) is 46.5 Å². The maximum atomic E-state index is 12.0. The number of carbonyl (C=O) groups excluding carboxylic acids is 1. The summed E-state index contributed by atoms with van der Waals surface area (Å²) in [5.74, 6) is -1.16. The molecule has 5 heteroatoms. The molecule has 0 saturated heterocycles. The van der Waals surface area contributed by atoms with Crippen LogP contribution >= 0.6 is 0 Å². The number of hydrogen-bond acceptors (Lipinski definition) is 3. The average Bonchev–Trinajstić information content (AvgIpc) is 2.24. The molecule has 0 aliphatic heterocycles. The Hall–Kier alpha value is -1.10. The maximum Gasteiger partial charge on any atom is 0.305 e. The summed E-state index contributed by atoms with van der Waals surface area (Å²) < 4.78 is 4.99. The van der Waals surface area contributed by atoms with Crippen molar-refractivity contribution in [2.24, 2.45) is 5.92 Å². The first-order chi connectivity index (χ1) is 8.34. The molecule has 1 amide bonds. The molecular weight excluding hydrogens is 234 g/mol. The highest BCUT2D eigenvalue weighted by Crippen LogP contribution is 2.14. The quantitative estimate of drug-likeness (QED) is 0.662. The average molecular weight is 259 g/mol. The van der Waals surface area contributed by atoms with Crippen LogP contribution < -0.4 is 5.32 Å². The van der Waals surface area contributed by atoms with Gasteiger partial charge >= 0.3 is 5.97 Å². The van der Waals surface area contributed by atoms with Gasteiger partial charge in [-0.2, -0.15) is 0 Å². The number of amides is 1. The van der Waals surface area contributed by atoms with E-state index in [1.54, 1.807) is 6.92 Å². The van der Waals surface area contributed by atoms with Crippen molar-refractivity contribution in [3.63, 3.8) is 0 Å². The standard InChI is InChI=1S/C13H25NO4/c1-5-6-7-10(2)12(17)14-13(3,9-18-4)8-11(15)16/h10H,5-9H2,1-4H3,(H,14,17)(H,15,16). The van der Waals surface area contributed by atoms with Crippen molar-refractivity contribution in [1.82, 2.24) is 5.32 Å². The van der Waals surface area contributed by atoms with Crippen LogP contribution in [0.5, 0.6) is 0 Å². The second-order valence-electron chi connectivity index (χ2n) is 5.10. The van der Waals surface area contributed by atoms with Gasteiger partial charge in [-0.25, -0.2) is 0 Å². The molecule has 0 aromatic rings. The van der Waals surface area contributed by atoms with Crippen LogP contribution in [-0.4, -0.2) is 36.2 Å². The van der Waals surface area contributed by atoms with E-state index in [1.807, 2.05) is 6.92 Å². The molecular formula is C13H25NO4. The van der Waals surface area contributed by atoms with Crippen LogP contribution in [0, 0.1) is 5.92 Å². The molecule has 0 aromatic carbocycles. The smallest absolute Gasteiger partial charge is 0.305 e. The number of carboxylic acids is 1. The van der Waals surface area contributed by atoms with Crippen molar-refractivity contribution < 1.29 is 19.4 Å². The molecule has 0 bridgehead atoms. The van der Waals surface area contributed by atoms with Crippen molar-refractivity contribution in [2.75, 3.05) is 13.7 Å². The lowest BCUT2D eigenvalue weighted by Gasteiger charge is -2.29. The Morgan fingerprint density at radius 3 is 2.50 bits per heavy atom. The van der Waals surface area contributed by atoms with Gasteiger partial charge in [-0.15, -0.1) is 0 Å². The van der Waals surface area contributed by atoms with Gasteiger partial charge < -0.3 is 15.2 Å². The van der Waals surface area contributed by atoms with Crippen LogP contribution in [0.4, 0.5) is 0 Å². The number of carboxylic acid groups (broad SMARTS) is 1. The first-order valence-electron chi connectivity index (χ1n) is 6.37. The second-order valence-corrected chi connectivity index (χ2v) is 5.10. The summed E-state index contributed by atoms with van der Waals surface area (Å²) in [6.07, 6.45) is 2.71. The third-order valence-corrected chi connectivity index (χ3v) is 2.87. The van der Waals surface area contributed by atoms with Crippen LogP contribution in [0.15, 0.2) is 0 Å². The number of carbonyl (C=O) groups is 2. The van der Waals surface area contributed by atoms with E-state index in [2.05, 4.69) is 12.2 Å². The van der Waals surface area contributed by atoms with Gasteiger partial charge in [0.15, 0.2) is 0 Å². The lowest BCUT2D eigenvalue weighted by molar-refractivity contribution is -0.140. The molecule has 2 N–H and O–H groups in total. The molecule has 0 aliphatic rings. The molecule has 0 aromatic heterocycles. The van der Waals surface area contributed by atoms with Crippen LogP contribution in [-0.2, 0) is 14.3 Å². The minimum atomic E-state index is -0.948. The van der Waals surface area contributed by atoms with E-state index < -0.39 is 11.5 Å². The van der Waals surface area contributed by atoms with Gasteiger partial charge in [-0.1, -0.05) is 26.7 Å². The number of hydrogen-bond donors (Lipinski definition) is 2. The Bertz CT molecular complexity index is 280. The van der Waals surface area contributed by atoms with E-state index in [0.717, 1.165) is 19.3 Å². The van der Waals surface area contributed by atoms with Gasteiger partial charge in [-0.05, 0) is 13.3 Å². The second kappa shape index (κ2) is 8.08. The summed E-state index contributed by atoms with van der Waals surface area (Å²) in [4.78, 5) is 22.8. The van der Waals surface area contributed by atoms with Crippen molar-refractivity contribution in [1.29, 1.82) is 0 Å². The largest absolute Gasteiger partial charge is 0.481 e. The normalized spacial score (nSPS) is 15.8. The monoisotopic (exact) mass is 259 g/mol. The maximum absolute atomic E-state index is 12.0. The molecule has 0 rings (SSSR count). The minimum Gasteiger partial charge on any atom is -0.481 e. The fourth-order valence-electron chi connectivity index (χ4n) is 1.85. The van der Waals surface area contributed by atoms with Crippen LogP contribution in [0.2, 0.25) is 0 Å². The van der Waals surface area contributed by atoms with Gasteiger partial charge in [0.05, 0.1) is 18.6 Å². The summed E-state index contributed by atoms with van der Waals surface area (Å²) in [6.45, 7) is 5.81. The molecule has 2 unspecified atom stereocenters. The third kappa shape index (κ3) is 6.59. The third-order valence-electron chi connectivity index (χ3n) is 2.87. The topological polar surface area (TPSA) is 75.6 Å². The molecule has 0 heterocycles. The predicted octanol–water partition coefficient (Wildman–Crippen LogP) is 1.81. The number of unbranched alkanes of at least 4 members (excludes halogenated alkanes) is 1. The highest BCUT2D eigenvalue weighted by Gasteiger charge is 2.30. The summed E-state index contributed by atoms with van der Waals surface area (Å²) in [5, 5.41) is 11.7. The van der Waals surface area contributed by atoms with Crippen molar-refractivity contribution >= 4 is 11.9 Å². The van der Waals surface area contributed by atoms with Gasteiger partial charge in [0.25, 0.3) is 0 Å². The minimum absolute atomic E-state index is 0.102. The highest BCUT2D eigenvalue weighted by atomic mass is 16.5.